The van der Waals surface area contributed by atoms with Crippen LogP contribution in [0.3, 0.4) is 0 Å². The number of nitrogens with one attached hydrogen (secondary N) is 1. The third-order valence-corrected chi connectivity index (χ3v) is 9.08. The van der Waals surface area contributed by atoms with Crippen LogP contribution in [0.25, 0.3) is 0 Å². The van der Waals surface area contributed by atoms with Crippen LogP contribution in [-0.2, 0) is 16.6 Å². The SMILES string of the molecule is O=C(NCc1ccc(F)cc1)c1ccc(S(=O)(=O)N2CC(c3ccc(Cl)s3)c3ccccc32)cc1. The topological polar surface area (TPSA) is 66.5 Å². The molecule has 1 amide bonds. The van der Waals surface area contributed by atoms with E-state index in [-0.39, 0.29) is 35.6 Å². The van der Waals surface area contributed by atoms with Gasteiger partial charge in [0.25, 0.3) is 15.9 Å². The lowest BCUT2D eigenvalue weighted by molar-refractivity contribution is 0.0951. The molecule has 3 aromatic carbocycles. The minimum atomic E-state index is -3.85. The first-order valence-electron chi connectivity index (χ1n) is 10.8. The fourth-order valence-corrected chi connectivity index (χ4v) is 6.83. The summed E-state index contributed by atoms with van der Waals surface area (Å²) in [7, 11) is -3.85. The van der Waals surface area contributed by atoms with Crippen LogP contribution < -0.4 is 9.62 Å². The molecule has 1 atom stereocenters. The van der Waals surface area contributed by atoms with E-state index in [1.807, 2.05) is 30.3 Å². The van der Waals surface area contributed by atoms with Crippen LogP contribution in [0.5, 0.6) is 0 Å². The molecule has 1 aliphatic heterocycles. The molecule has 5 rings (SSSR count). The Morgan fingerprint density at radius 2 is 1.71 bits per heavy atom. The third kappa shape index (κ3) is 4.69. The molecule has 0 aliphatic carbocycles. The molecule has 1 unspecified atom stereocenters. The number of nitrogens with zero attached hydrogens (tertiary/aromatic N) is 1. The summed E-state index contributed by atoms with van der Waals surface area (Å²) in [5, 5.41) is 2.76. The number of halogens is 2. The third-order valence-electron chi connectivity index (χ3n) is 5.94. The zero-order valence-electron chi connectivity index (χ0n) is 18.3. The highest BCUT2D eigenvalue weighted by Crippen LogP contribution is 2.44. The van der Waals surface area contributed by atoms with Gasteiger partial charge in [-0.05, 0) is 65.7 Å². The van der Waals surface area contributed by atoms with Crippen molar-refractivity contribution in [2.75, 3.05) is 10.8 Å². The van der Waals surface area contributed by atoms with Gasteiger partial charge in [-0.1, -0.05) is 41.9 Å². The molecule has 5 nitrogen and oxygen atoms in total. The van der Waals surface area contributed by atoms with Crippen molar-refractivity contribution in [1.29, 1.82) is 0 Å². The van der Waals surface area contributed by atoms with Crippen molar-refractivity contribution in [3.8, 4) is 0 Å². The molecule has 1 aromatic heterocycles. The average Bonchev–Trinajstić information content (AvgIpc) is 3.47. The molecule has 0 radical (unpaired) electrons. The number of benzene rings is 3. The molecule has 9 heteroatoms. The van der Waals surface area contributed by atoms with Gasteiger partial charge in [-0.25, -0.2) is 12.8 Å². The number of anilines is 1. The average molecular weight is 527 g/mol. The molecule has 2 heterocycles. The summed E-state index contributed by atoms with van der Waals surface area (Å²) in [4.78, 5) is 13.6. The molecule has 0 saturated carbocycles. The molecule has 0 saturated heterocycles. The lowest BCUT2D eigenvalue weighted by atomic mass is 10.00. The number of hydrogen-bond acceptors (Lipinski definition) is 4. The van der Waals surface area contributed by atoms with Gasteiger partial charge >= 0.3 is 0 Å². The fraction of sp³-hybridized carbons (Fsp3) is 0.115. The summed E-state index contributed by atoms with van der Waals surface area (Å²) in [6, 6.07) is 22.9. The number of fused-ring (bicyclic) bond motifs is 1. The van der Waals surface area contributed by atoms with Gasteiger partial charge in [0.1, 0.15) is 5.82 Å². The summed E-state index contributed by atoms with van der Waals surface area (Å²) >= 11 is 7.58. The Kier molecular flexibility index (Phi) is 6.35. The molecule has 178 valence electrons. The highest BCUT2D eigenvalue weighted by molar-refractivity contribution is 7.92. The standard InChI is InChI=1S/C26H20ClFN2O3S2/c27-25-14-13-24(34-25)22-16-30(23-4-2-1-3-21(22)23)35(32,33)20-11-7-18(8-12-20)26(31)29-15-17-5-9-19(28)10-6-17/h1-14,22H,15-16H2,(H,29,31). The van der Waals surface area contributed by atoms with E-state index in [0.29, 0.717) is 15.6 Å². The van der Waals surface area contributed by atoms with Crippen molar-refractivity contribution < 1.29 is 17.6 Å². The largest absolute Gasteiger partial charge is 0.348 e. The second-order valence-electron chi connectivity index (χ2n) is 8.12. The first-order valence-corrected chi connectivity index (χ1v) is 13.5. The van der Waals surface area contributed by atoms with Crippen molar-refractivity contribution in [3.63, 3.8) is 0 Å². The second-order valence-corrected chi connectivity index (χ2v) is 11.7. The predicted molar refractivity (Wildman–Crippen MR) is 136 cm³/mol. The van der Waals surface area contributed by atoms with E-state index in [1.54, 1.807) is 18.2 Å². The van der Waals surface area contributed by atoms with E-state index >= 15 is 0 Å². The van der Waals surface area contributed by atoms with Crippen molar-refractivity contribution in [2.24, 2.45) is 0 Å². The zero-order chi connectivity index (χ0) is 24.6. The lowest BCUT2D eigenvalue weighted by Gasteiger charge is -2.20. The van der Waals surface area contributed by atoms with Crippen molar-refractivity contribution in [2.45, 2.75) is 17.4 Å². The van der Waals surface area contributed by atoms with Gasteiger partial charge in [0.2, 0.25) is 0 Å². The number of carbonyl (C=O) groups is 1. The Morgan fingerprint density at radius 1 is 1.00 bits per heavy atom. The zero-order valence-corrected chi connectivity index (χ0v) is 20.7. The summed E-state index contributed by atoms with van der Waals surface area (Å²) in [5.74, 6) is -0.794. The molecule has 1 aliphatic rings. The maximum Gasteiger partial charge on any atom is 0.264 e. The van der Waals surface area contributed by atoms with E-state index in [0.717, 1.165) is 16.0 Å². The van der Waals surface area contributed by atoms with E-state index in [9.17, 15) is 17.6 Å². The normalized spacial score (nSPS) is 15.1. The van der Waals surface area contributed by atoms with Crippen molar-refractivity contribution >= 4 is 44.6 Å². The first kappa shape index (κ1) is 23.5. The predicted octanol–water partition coefficient (Wildman–Crippen LogP) is 5.81. The lowest BCUT2D eigenvalue weighted by Crippen LogP contribution is -2.30. The van der Waals surface area contributed by atoms with E-state index in [2.05, 4.69) is 5.32 Å². The van der Waals surface area contributed by atoms with Crippen LogP contribution in [0, 0.1) is 5.82 Å². The van der Waals surface area contributed by atoms with Crippen LogP contribution in [0.4, 0.5) is 10.1 Å². The van der Waals surface area contributed by atoms with Crippen LogP contribution in [0.1, 0.15) is 32.3 Å². The molecule has 0 bridgehead atoms. The van der Waals surface area contributed by atoms with Gasteiger partial charge in [0.05, 0.1) is 14.9 Å². The van der Waals surface area contributed by atoms with Gasteiger partial charge in [-0.15, -0.1) is 11.3 Å². The number of sulfonamides is 1. The summed E-state index contributed by atoms with van der Waals surface area (Å²) in [6.45, 7) is 0.510. The summed E-state index contributed by atoms with van der Waals surface area (Å²) in [6.07, 6.45) is 0. The van der Waals surface area contributed by atoms with Crippen LogP contribution in [0.15, 0.2) is 89.8 Å². The number of hydrogen-bond donors (Lipinski definition) is 1. The first-order chi connectivity index (χ1) is 16.8. The fourth-order valence-electron chi connectivity index (χ4n) is 4.15. The van der Waals surface area contributed by atoms with E-state index in [1.165, 1.54) is 52.0 Å². The Morgan fingerprint density at radius 3 is 2.40 bits per heavy atom. The van der Waals surface area contributed by atoms with Crippen LogP contribution in [0.2, 0.25) is 4.34 Å². The molecule has 35 heavy (non-hydrogen) atoms. The van der Waals surface area contributed by atoms with E-state index < -0.39 is 10.0 Å². The Bertz CT molecular complexity index is 1490. The van der Waals surface area contributed by atoms with Gasteiger partial charge in [-0.3, -0.25) is 9.10 Å². The van der Waals surface area contributed by atoms with Crippen molar-refractivity contribution in [3.05, 3.63) is 117 Å². The highest BCUT2D eigenvalue weighted by atomic mass is 35.5. The van der Waals surface area contributed by atoms with E-state index in [4.69, 9.17) is 11.6 Å². The molecular weight excluding hydrogens is 507 g/mol. The minimum absolute atomic E-state index is 0.102. The van der Waals surface area contributed by atoms with Gasteiger partial charge in [-0.2, -0.15) is 0 Å². The summed E-state index contributed by atoms with van der Waals surface area (Å²) in [5.41, 5.74) is 2.67. The second kappa shape index (κ2) is 9.45. The Labute approximate surface area is 211 Å². The number of carbonyl (C=O) groups excluding carboxylic acids is 1. The number of para-hydroxylation sites is 1. The smallest absolute Gasteiger partial charge is 0.264 e. The number of thiophene rings is 1. The minimum Gasteiger partial charge on any atom is -0.348 e. The maximum atomic E-state index is 13.6. The van der Waals surface area contributed by atoms with Gasteiger partial charge < -0.3 is 5.32 Å². The molecule has 1 N–H and O–H groups in total. The maximum absolute atomic E-state index is 13.6. The summed E-state index contributed by atoms with van der Waals surface area (Å²) < 4.78 is 42.3. The van der Waals surface area contributed by atoms with Crippen molar-refractivity contribution in [1.82, 2.24) is 5.32 Å². The Hall–Kier alpha value is -3.20. The number of amides is 1. The van der Waals surface area contributed by atoms with Crippen LogP contribution >= 0.6 is 22.9 Å². The molecule has 0 fully saturated rings. The Balaban J connectivity index is 1.35. The van der Waals surface area contributed by atoms with Crippen LogP contribution in [-0.4, -0.2) is 20.9 Å². The molecule has 0 spiro atoms. The molecule has 4 aromatic rings. The van der Waals surface area contributed by atoms with Gasteiger partial charge in [0, 0.05) is 29.4 Å². The monoisotopic (exact) mass is 526 g/mol. The quantitative estimate of drug-likeness (QED) is 0.345. The highest BCUT2D eigenvalue weighted by Gasteiger charge is 2.37. The van der Waals surface area contributed by atoms with Gasteiger partial charge in [0.15, 0.2) is 0 Å². The number of rotatable bonds is 6. The molecular formula is C26H20ClFN2O3S2.